The molecule has 3 rings (SSSR count). The van der Waals surface area contributed by atoms with Gasteiger partial charge in [0, 0.05) is 12.2 Å². The summed E-state index contributed by atoms with van der Waals surface area (Å²) in [5, 5.41) is 4.48. The molecule has 2 N–H and O–H groups in total. The SMILES string of the molecule is CCNC(=O)NC(=O)COC(=O)c1ccc2c(c1)nc(C)n2-c1ccccc1. The van der Waals surface area contributed by atoms with Crippen LogP contribution in [0.2, 0.25) is 0 Å². The standard InChI is InChI=1S/C20H20N4O4/c1-3-21-20(27)23-18(25)12-28-19(26)14-9-10-17-16(11-14)22-13(2)24(17)15-7-5-4-6-8-15/h4-11H,3,12H2,1-2H3,(H2,21,23,25,27). The molecular formula is C20H20N4O4. The third-order valence-electron chi connectivity index (χ3n) is 4.00. The van der Waals surface area contributed by atoms with Gasteiger partial charge in [-0.25, -0.2) is 14.6 Å². The van der Waals surface area contributed by atoms with E-state index in [0.29, 0.717) is 12.1 Å². The van der Waals surface area contributed by atoms with Gasteiger partial charge < -0.3 is 10.1 Å². The number of imide groups is 1. The van der Waals surface area contributed by atoms with Crippen molar-refractivity contribution in [2.24, 2.45) is 0 Å². The summed E-state index contributed by atoms with van der Waals surface area (Å²) < 4.78 is 6.96. The van der Waals surface area contributed by atoms with E-state index in [9.17, 15) is 14.4 Å². The number of hydrogen-bond acceptors (Lipinski definition) is 5. The fourth-order valence-electron chi connectivity index (χ4n) is 2.81. The van der Waals surface area contributed by atoms with Crippen LogP contribution in [-0.2, 0) is 9.53 Å². The number of nitrogens with zero attached hydrogens (tertiary/aromatic N) is 2. The Morgan fingerprint density at radius 1 is 1.11 bits per heavy atom. The Morgan fingerprint density at radius 2 is 1.86 bits per heavy atom. The monoisotopic (exact) mass is 380 g/mol. The molecule has 0 saturated heterocycles. The first-order valence-electron chi connectivity index (χ1n) is 8.79. The molecule has 2 aromatic carbocycles. The molecule has 0 radical (unpaired) electrons. The Hall–Kier alpha value is -3.68. The topological polar surface area (TPSA) is 102 Å². The van der Waals surface area contributed by atoms with Crippen molar-refractivity contribution in [3.63, 3.8) is 0 Å². The first-order chi connectivity index (χ1) is 13.5. The van der Waals surface area contributed by atoms with Gasteiger partial charge in [0.2, 0.25) is 0 Å². The second-order valence-corrected chi connectivity index (χ2v) is 6.02. The highest BCUT2D eigenvalue weighted by Gasteiger charge is 2.15. The number of rotatable bonds is 5. The Labute approximate surface area is 161 Å². The van der Waals surface area contributed by atoms with Gasteiger partial charge in [0.1, 0.15) is 5.82 Å². The van der Waals surface area contributed by atoms with Gasteiger partial charge in [-0.15, -0.1) is 0 Å². The molecule has 8 heteroatoms. The quantitative estimate of drug-likeness (QED) is 0.662. The number of para-hydroxylation sites is 1. The van der Waals surface area contributed by atoms with Crippen molar-refractivity contribution in [2.45, 2.75) is 13.8 Å². The van der Waals surface area contributed by atoms with Crippen LogP contribution in [0, 0.1) is 6.92 Å². The van der Waals surface area contributed by atoms with Crippen LogP contribution in [0.5, 0.6) is 0 Å². The lowest BCUT2D eigenvalue weighted by Gasteiger charge is -2.07. The molecule has 0 aliphatic rings. The van der Waals surface area contributed by atoms with Gasteiger partial charge in [0.15, 0.2) is 6.61 Å². The third-order valence-corrected chi connectivity index (χ3v) is 4.00. The van der Waals surface area contributed by atoms with Crippen molar-refractivity contribution >= 4 is 28.9 Å². The number of amides is 3. The van der Waals surface area contributed by atoms with E-state index in [-0.39, 0.29) is 5.56 Å². The van der Waals surface area contributed by atoms with E-state index in [1.165, 1.54) is 0 Å². The molecule has 0 atom stereocenters. The first-order valence-corrected chi connectivity index (χ1v) is 8.79. The molecule has 0 saturated carbocycles. The number of aromatic nitrogens is 2. The van der Waals surface area contributed by atoms with E-state index in [1.807, 2.05) is 41.8 Å². The Bertz CT molecular complexity index is 1030. The van der Waals surface area contributed by atoms with Crippen molar-refractivity contribution in [3.8, 4) is 5.69 Å². The van der Waals surface area contributed by atoms with E-state index >= 15 is 0 Å². The van der Waals surface area contributed by atoms with Crippen LogP contribution in [0.3, 0.4) is 0 Å². The molecule has 0 aliphatic heterocycles. The molecule has 0 bridgehead atoms. The normalized spacial score (nSPS) is 10.5. The van der Waals surface area contributed by atoms with Gasteiger partial charge in [-0.3, -0.25) is 14.7 Å². The number of urea groups is 1. The van der Waals surface area contributed by atoms with Crippen LogP contribution in [0.15, 0.2) is 48.5 Å². The maximum Gasteiger partial charge on any atom is 0.338 e. The average Bonchev–Trinajstić information content (AvgIpc) is 3.01. The number of nitrogens with one attached hydrogen (secondary N) is 2. The smallest absolute Gasteiger partial charge is 0.338 e. The zero-order chi connectivity index (χ0) is 20.1. The van der Waals surface area contributed by atoms with E-state index in [1.54, 1.807) is 25.1 Å². The predicted octanol–water partition coefficient (Wildman–Crippen LogP) is 2.34. The highest BCUT2D eigenvalue weighted by Crippen LogP contribution is 2.22. The summed E-state index contributed by atoms with van der Waals surface area (Å²) in [4.78, 5) is 39.6. The summed E-state index contributed by atoms with van der Waals surface area (Å²) in [6.45, 7) is 3.44. The van der Waals surface area contributed by atoms with Crippen LogP contribution < -0.4 is 10.6 Å². The number of esters is 1. The summed E-state index contributed by atoms with van der Waals surface area (Å²) in [6.07, 6.45) is 0. The van der Waals surface area contributed by atoms with Gasteiger partial charge >= 0.3 is 12.0 Å². The van der Waals surface area contributed by atoms with Crippen LogP contribution >= 0.6 is 0 Å². The molecule has 3 amide bonds. The number of carbonyl (C=O) groups excluding carboxylic acids is 3. The molecule has 144 valence electrons. The highest BCUT2D eigenvalue weighted by molar-refractivity contribution is 5.98. The molecule has 8 nitrogen and oxygen atoms in total. The van der Waals surface area contributed by atoms with E-state index in [0.717, 1.165) is 17.0 Å². The maximum absolute atomic E-state index is 12.2. The molecule has 3 aromatic rings. The fourth-order valence-corrected chi connectivity index (χ4v) is 2.81. The summed E-state index contributed by atoms with van der Waals surface area (Å²) in [5.74, 6) is -0.586. The number of hydrogen-bond donors (Lipinski definition) is 2. The summed E-state index contributed by atoms with van der Waals surface area (Å²) in [5.41, 5.74) is 2.74. The number of ether oxygens (including phenoxy) is 1. The molecular weight excluding hydrogens is 360 g/mol. The van der Waals surface area contributed by atoms with Crippen molar-refractivity contribution in [1.29, 1.82) is 0 Å². The average molecular weight is 380 g/mol. The molecule has 1 heterocycles. The van der Waals surface area contributed by atoms with Crippen LogP contribution in [0.4, 0.5) is 4.79 Å². The number of aryl methyl sites for hydroxylation is 1. The fraction of sp³-hybridized carbons (Fsp3) is 0.200. The van der Waals surface area contributed by atoms with E-state index in [4.69, 9.17) is 4.74 Å². The molecule has 0 fully saturated rings. The Balaban J connectivity index is 1.73. The Kier molecular flexibility index (Phi) is 5.69. The lowest BCUT2D eigenvalue weighted by Crippen LogP contribution is -2.41. The minimum atomic E-state index is -0.704. The first kappa shape index (κ1) is 19.1. The largest absolute Gasteiger partial charge is 0.452 e. The summed E-state index contributed by atoms with van der Waals surface area (Å²) >= 11 is 0. The van der Waals surface area contributed by atoms with Crippen LogP contribution in [0.25, 0.3) is 16.7 Å². The molecule has 1 aromatic heterocycles. The van der Waals surface area contributed by atoms with Crippen LogP contribution in [0.1, 0.15) is 23.1 Å². The number of benzene rings is 2. The zero-order valence-corrected chi connectivity index (χ0v) is 15.6. The van der Waals surface area contributed by atoms with Crippen molar-refractivity contribution in [3.05, 3.63) is 59.9 Å². The van der Waals surface area contributed by atoms with Gasteiger partial charge in [-0.05, 0) is 44.2 Å². The number of carbonyl (C=O) groups is 3. The lowest BCUT2D eigenvalue weighted by molar-refractivity contribution is -0.123. The van der Waals surface area contributed by atoms with Crippen molar-refractivity contribution in [1.82, 2.24) is 20.2 Å². The maximum atomic E-state index is 12.2. The molecule has 28 heavy (non-hydrogen) atoms. The minimum absolute atomic E-state index is 0.274. The van der Waals surface area contributed by atoms with E-state index < -0.39 is 24.5 Å². The van der Waals surface area contributed by atoms with Gasteiger partial charge in [0.25, 0.3) is 5.91 Å². The lowest BCUT2D eigenvalue weighted by atomic mass is 10.2. The van der Waals surface area contributed by atoms with Gasteiger partial charge in [0.05, 0.1) is 16.6 Å². The molecule has 0 aliphatic carbocycles. The summed E-state index contributed by atoms with van der Waals surface area (Å²) in [6, 6.07) is 14.2. The Morgan fingerprint density at radius 3 is 2.57 bits per heavy atom. The molecule has 0 unspecified atom stereocenters. The van der Waals surface area contributed by atoms with Gasteiger partial charge in [-0.2, -0.15) is 0 Å². The van der Waals surface area contributed by atoms with Crippen molar-refractivity contribution < 1.29 is 19.1 Å². The van der Waals surface area contributed by atoms with E-state index in [2.05, 4.69) is 15.6 Å². The van der Waals surface area contributed by atoms with Crippen LogP contribution in [-0.4, -0.2) is 40.6 Å². The predicted molar refractivity (Wildman–Crippen MR) is 103 cm³/mol. The third kappa shape index (κ3) is 4.17. The highest BCUT2D eigenvalue weighted by atomic mass is 16.5. The molecule has 0 spiro atoms. The zero-order valence-electron chi connectivity index (χ0n) is 15.6. The second-order valence-electron chi connectivity index (χ2n) is 6.02. The van der Waals surface area contributed by atoms with Gasteiger partial charge in [-0.1, -0.05) is 18.2 Å². The second kappa shape index (κ2) is 8.34. The van der Waals surface area contributed by atoms with Crippen molar-refractivity contribution in [2.75, 3.05) is 13.2 Å². The minimum Gasteiger partial charge on any atom is -0.452 e. The summed E-state index contributed by atoms with van der Waals surface area (Å²) in [7, 11) is 0. The number of fused-ring (bicyclic) bond motifs is 1. The number of imidazole rings is 1.